The summed E-state index contributed by atoms with van der Waals surface area (Å²) in [5, 5.41) is 12.3. The first-order chi connectivity index (χ1) is 7.58. The summed E-state index contributed by atoms with van der Waals surface area (Å²) < 4.78 is 22.1. The first kappa shape index (κ1) is 16.4. The Morgan fingerprint density at radius 3 is 2.35 bits per heavy atom. The van der Waals surface area contributed by atoms with E-state index in [1.165, 1.54) is 6.26 Å². The molecule has 0 radical (unpaired) electrons. The van der Waals surface area contributed by atoms with Gasteiger partial charge >= 0.3 is 0 Å². The second kappa shape index (κ2) is 6.34. The van der Waals surface area contributed by atoms with Gasteiger partial charge in [0.1, 0.15) is 15.4 Å². The van der Waals surface area contributed by atoms with Gasteiger partial charge in [-0.25, -0.2) is 8.42 Å². The first-order valence-electron chi connectivity index (χ1n) is 5.63. The lowest BCUT2D eigenvalue weighted by molar-refractivity contribution is 0.260. The molecular weight excluding hydrogens is 238 g/mol. The number of rotatable bonds is 7. The molecule has 0 aromatic carbocycles. The molecule has 0 aromatic heterocycles. The van der Waals surface area contributed by atoms with Crippen LogP contribution in [0.2, 0.25) is 0 Å². The van der Waals surface area contributed by atoms with Crippen LogP contribution in [-0.2, 0) is 9.84 Å². The molecule has 0 saturated heterocycles. The molecule has 1 unspecified atom stereocenters. The molecule has 100 valence electrons. The molecular formula is C11H23N3O2S. The maximum Gasteiger partial charge on any atom is 0.148 e. The average Bonchev–Trinajstić information content (AvgIpc) is 2.12. The Labute approximate surface area is 105 Å². The van der Waals surface area contributed by atoms with Crippen molar-refractivity contribution in [3.63, 3.8) is 0 Å². The molecule has 0 heterocycles. The quantitative estimate of drug-likeness (QED) is 0.711. The predicted octanol–water partition coefficient (Wildman–Crippen LogP) is 0.243. The summed E-state index contributed by atoms with van der Waals surface area (Å²) >= 11 is 0. The topological polar surface area (TPSA) is 73.2 Å². The number of nitrogens with zero attached hydrogens (tertiary/aromatic N) is 2. The highest BCUT2D eigenvalue weighted by molar-refractivity contribution is 7.90. The summed E-state index contributed by atoms with van der Waals surface area (Å²) in [6.45, 7) is 6.72. The van der Waals surface area contributed by atoms with Gasteiger partial charge in [0.25, 0.3) is 0 Å². The normalized spacial score (nSPS) is 15.9. The van der Waals surface area contributed by atoms with E-state index < -0.39 is 15.4 Å². The van der Waals surface area contributed by atoms with Crippen LogP contribution < -0.4 is 5.32 Å². The Morgan fingerprint density at radius 2 is 2.00 bits per heavy atom. The lowest BCUT2D eigenvalue weighted by Crippen LogP contribution is -2.52. The number of hydrogen-bond acceptors (Lipinski definition) is 5. The first-order valence-corrected chi connectivity index (χ1v) is 7.69. The van der Waals surface area contributed by atoms with Gasteiger partial charge in [-0.1, -0.05) is 0 Å². The largest absolute Gasteiger partial charge is 0.302 e. The summed E-state index contributed by atoms with van der Waals surface area (Å²) in [7, 11) is -1.13. The molecule has 0 bridgehead atoms. The van der Waals surface area contributed by atoms with Crippen molar-refractivity contribution in [2.75, 3.05) is 32.1 Å². The van der Waals surface area contributed by atoms with Gasteiger partial charge in [-0.2, -0.15) is 5.26 Å². The molecule has 0 aliphatic heterocycles. The number of nitriles is 1. The zero-order valence-electron chi connectivity index (χ0n) is 11.3. The molecule has 0 spiro atoms. The number of hydrogen-bond donors (Lipinski definition) is 1. The van der Waals surface area contributed by atoms with Crippen LogP contribution in [0.25, 0.3) is 0 Å². The van der Waals surface area contributed by atoms with Crippen molar-refractivity contribution in [2.45, 2.75) is 32.4 Å². The predicted molar refractivity (Wildman–Crippen MR) is 69.5 cm³/mol. The average molecular weight is 261 g/mol. The highest BCUT2D eigenvalue weighted by Gasteiger charge is 2.26. The SMILES string of the molecule is CC(C)NC(C)(C#N)CN(C)CCS(C)(=O)=O. The lowest BCUT2D eigenvalue weighted by atomic mass is 10.0. The Hall–Kier alpha value is -0.640. The molecule has 6 heteroatoms. The van der Waals surface area contributed by atoms with E-state index in [0.29, 0.717) is 13.1 Å². The highest BCUT2D eigenvalue weighted by atomic mass is 32.2. The number of likely N-dealkylation sites (N-methyl/N-ethyl adjacent to an activating group) is 1. The van der Waals surface area contributed by atoms with E-state index in [0.717, 1.165) is 0 Å². The summed E-state index contributed by atoms with van der Waals surface area (Å²) in [5.74, 6) is 0.118. The van der Waals surface area contributed by atoms with Gasteiger partial charge in [0.2, 0.25) is 0 Å². The fraction of sp³-hybridized carbons (Fsp3) is 0.909. The highest BCUT2D eigenvalue weighted by Crippen LogP contribution is 2.06. The van der Waals surface area contributed by atoms with Crippen molar-refractivity contribution in [3.05, 3.63) is 0 Å². The standard InChI is InChI=1S/C11H23N3O2S/c1-10(2)13-11(3,8-12)9-14(4)6-7-17(5,15)16/h10,13H,6-7,9H2,1-5H3. The van der Waals surface area contributed by atoms with Crippen LogP contribution in [0.15, 0.2) is 0 Å². The Bertz CT molecular complexity index is 373. The Balaban J connectivity index is 4.34. The van der Waals surface area contributed by atoms with Crippen molar-refractivity contribution in [3.8, 4) is 6.07 Å². The Kier molecular flexibility index (Phi) is 6.10. The molecule has 5 nitrogen and oxygen atoms in total. The number of sulfone groups is 1. The van der Waals surface area contributed by atoms with E-state index in [1.54, 1.807) is 0 Å². The van der Waals surface area contributed by atoms with Crippen molar-refractivity contribution in [2.24, 2.45) is 0 Å². The van der Waals surface area contributed by atoms with Crippen LogP contribution in [0.4, 0.5) is 0 Å². The van der Waals surface area contributed by atoms with Crippen molar-refractivity contribution in [1.29, 1.82) is 5.26 Å². The van der Waals surface area contributed by atoms with Gasteiger partial charge < -0.3 is 4.90 Å². The number of nitrogens with one attached hydrogen (secondary N) is 1. The van der Waals surface area contributed by atoms with Crippen molar-refractivity contribution < 1.29 is 8.42 Å². The smallest absolute Gasteiger partial charge is 0.148 e. The molecule has 1 N–H and O–H groups in total. The molecule has 0 aliphatic rings. The van der Waals surface area contributed by atoms with Crippen LogP contribution >= 0.6 is 0 Å². The minimum atomic E-state index is -2.95. The fourth-order valence-electron chi connectivity index (χ4n) is 1.69. The zero-order valence-corrected chi connectivity index (χ0v) is 12.1. The molecule has 0 aliphatic carbocycles. The van der Waals surface area contributed by atoms with Gasteiger partial charge in [0.05, 0.1) is 11.8 Å². The van der Waals surface area contributed by atoms with E-state index in [2.05, 4.69) is 11.4 Å². The third-order valence-electron chi connectivity index (χ3n) is 2.28. The van der Waals surface area contributed by atoms with E-state index in [1.807, 2.05) is 32.7 Å². The third kappa shape index (κ3) is 8.13. The Morgan fingerprint density at radius 1 is 1.47 bits per heavy atom. The van der Waals surface area contributed by atoms with E-state index in [4.69, 9.17) is 5.26 Å². The second-order valence-electron chi connectivity index (χ2n) is 5.11. The molecule has 0 rings (SSSR count). The minimum Gasteiger partial charge on any atom is -0.302 e. The summed E-state index contributed by atoms with van der Waals surface area (Å²) in [5.41, 5.74) is -0.652. The summed E-state index contributed by atoms with van der Waals surface area (Å²) in [6.07, 6.45) is 1.22. The third-order valence-corrected chi connectivity index (χ3v) is 3.21. The zero-order chi connectivity index (χ0) is 13.7. The van der Waals surface area contributed by atoms with Crippen molar-refractivity contribution >= 4 is 9.84 Å². The van der Waals surface area contributed by atoms with Crippen LogP contribution in [0.5, 0.6) is 0 Å². The molecule has 17 heavy (non-hydrogen) atoms. The molecule has 1 atom stereocenters. The van der Waals surface area contributed by atoms with Gasteiger partial charge in [0.15, 0.2) is 0 Å². The van der Waals surface area contributed by atoms with Crippen LogP contribution in [-0.4, -0.2) is 57.0 Å². The summed E-state index contributed by atoms with van der Waals surface area (Å²) in [6, 6.07) is 2.45. The van der Waals surface area contributed by atoms with E-state index >= 15 is 0 Å². The lowest BCUT2D eigenvalue weighted by Gasteiger charge is -2.30. The monoisotopic (exact) mass is 261 g/mol. The maximum atomic E-state index is 11.0. The van der Waals surface area contributed by atoms with E-state index in [9.17, 15) is 8.42 Å². The minimum absolute atomic E-state index is 0.118. The molecule has 0 fully saturated rings. The molecule has 0 saturated carbocycles. The van der Waals surface area contributed by atoms with Gasteiger partial charge in [-0.15, -0.1) is 0 Å². The van der Waals surface area contributed by atoms with Crippen LogP contribution in [0.3, 0.4) is 0 Å². The van der Waals surface area contributed by atoms with E-state index in [-0.39, 0.29) is 11.8 Å². The van der Waals surface area contributed by atoms with Crippen LogP contribution in [0.1, 0.15) is 20.8 Å². The van der Waals surface area contributed by atoms with Crippen LogP contribution in [0, 0.1) is 11.3 Å². The van der Waals surface area contributed by atoms with Crippen molar-refractivity contribution in [1.82, 2.24) is 10.2 Å². The second-order valence-corrected chi connectivity index (χ2v) is 7.37. The summed E-state index contributed by atoms with van der Waals surface area (Å²) in [4.78, 5) is 1.86. The molecule has 0 aromatic rings. The maximum absolute atomic E-state index is 11.0. The van der Waals surface area contributed by atoms with Gasteiger partial charge in [-0.3, -0.25) is 5.32 Å². The van der Waals surface area contributed by atoms with Gasteiger partial charge in [0, 0.05) is 25.4 Å². The molecule has 0 amide bonds. The fourth-order valence-corrected chi connectivity index (χ4v) is 2.33. The van der Waals surface area contributed by atoms with Gasteiger partial charge in [-0.05, 0) is 27.8 Å².